The molecule has 0 aliphatic rings. The Hall–Kier alpha value is -1.85. The van der Waals surface area contributed by atoms with Crippen LogP contribution < -0.4 is 9.64 Å². The van der Waals surface area contributed by atoms with Gasteiger partial charge in [-0.05, 0) is 6.92 Å². The highest BCUT2D eigenvalue weighted by Crippen LogP contribution is 2.15. The van der Waals surface area contributed by atoms with Crippen molar-refractivity contribution in [3.63, 3.8) is 0 Å². The topological polar surface area (TPSA) is 75.5 Å². The van der Waals surface area contributed by atoms with Gasteiger partial charge in [-0.1, -0.05) is 0 Å². The predicted molar refractivity (Wildman–Crippen MR) is 58.8 cm³/mol. The molecule has 0 aliphatic carbocycles. The van der Waals surface area contributed by atoms with Gasteiger partial charge in [0.2, 0.25) is 5.88 Å². The van der Waals surface area contributed by atoms with E-state index in [4.69, 9.17) is 9.84 Å². The van der Waals surface area contributed by atoms with E-state index in [-0.39, 0.29) is 6.42 Å². The van der Waals surface area contributed by atoms with Gasteiger partial charge in [-0.3, -0.25) is 4.79 Å². The second-order valence-corrected chi connectivity index (χ2v) is 3.38. The summed E-state index contributed by atoms with van der Waals surface area (Å²) in [5.41, 5.74) is 0. The molecule has 0 unspecified atom stereocenters. The van der Waals surface area contributed by atoms with Crippen LogP contribution >= 0.6 is 0 Å². The number of nitrogens with zero attached hydrogens (tertiary/aromatic N) is 3. The highest BCUT2D eigenvalue weighted by atomic mass is 16.5. The number of hydrogen-bond acceptors (Lipinski definition) is 5. The van der Waals surface area contributed by atoms with Crippen molar-refractivity contribution in [2.45, 2.75) is 13.3 Å². The molecule has 1 aromatic rings. The first-order valence-electron chi connectivity index (χ1n) is 4.85. The number of aromatic nitrogens is 2. The summed E-state index contributed by atoms with van der Waals surface area (Å²) in [5, 5.41) is 8.58. The van der Waals surface area contributed by atoms with Crippen LogP contribution in [-0.4, -0.2) is 41.7 Å². The molecule has 0 radical (unpaired) electrons. The highest BCUT2D eigenvalue weighted by molar-refractivity contribution is 5.67. The standard InChI is InChI=1S/C10H15N3O3/c1-7-11-8(6-9(12-7)16-3)13(2)5-4-10(14)15/h6H,4-5H2,1-3H3,(H,14,15). The molecule has 88 valence electrons. The lowest BCUT2D eigenvalue weighted by molar-refractivity contribution is -0.136. The van der Waals surface area contributed by atoms with Gasteiger partial charge in [-0.15, -0.1) is 0 Å². The molecular weight excluding hydrogens is 210 g/mol. The molecule has 6 heteroatoms. The molecule has 1 heterocycles. The first-order chi connectivity index (χ1) is 7.52. The lowest BCUT2D eigenvalue weighted by Gasteiger charge is -2.17. The van der Waals surface area contributed by atoms with E-state index in [9.17, 15) is 4.79 Å². The minimum atomic E-state index is -0.829. The number of methoxy groups -OCH3 is 1. The monoisotopic (exact) mass is 225 g/mol. The van der Waals surface area contributed by atoms with Crippen molar-refractivity contribution < 1.29 is 14.6 Å². The number of hydrogen-bond donors (Lipinski definition) is 1. The van der Waals surface area contributed by atoms with Crippen LogP contribution in [-0.2, 0) is 4.79 Å². The third-order valence-corrected chi connectivity index (χ3v) is 2.06. The van der Waals surface area contributed by atoms with Gasteiger partial charge in [0.1, 0.15) is 11.6 Å². The van der Waals surface area contributed by atoms with E-state index < -0.39 is 5.97 Å². The molecule has 0 fully saturated rings. The lowest BCUT2D eigenvalue weighted by atomic mass is 10.4. The Morgan fingerprint density at radius 3 is 2.81 bits per heavy atom. The van der Waals surface area contributed by atoms with Crippen molar-refractivity contribution in [1.29, 1.82) is 0 Å². The van der Waals surface area contributed by atoms with Crippen LogP contribution in [0.2, 0.25) is 0 Å². The average Bonchev–Trinajstić information content (AvgIpc) is 2.24. The molecule has 0 saturated heterocycles. The van der Waals surface area contributed by atoms with Gasteiger partial charge in [-0.25, -0.2) is 4.98 Å². The van der Waals surface area contributed by atoms with E-state index in [1.54, 1.807) is 24.9 Å². The Labute approximate surface area is 93.9 Å². The molecule has 0 spiro atoms. The summed E-state index contributed by atoms with van der Waals surface area (Å²) in [6.07, 6.45) is 0.0713. The van der Waals surface area contributed by atoms with Crippen molar-refractivity contribution in [3.05, 3.63) is 11.9 Å². The number of ether oxygens (including phenoxy) is 1. The molecule has 1 N–H and O–H groups in total. The second kappa shape index (κ2) is 5.29. The highest BCUT2D eigenvalue weighted by Gasteiger charge is 2.08. The molecule has 0 amide bonds. The van der Waals surface area contributed by atoms with Crippen LogP contribution in [0.5, 0.6) is 5.88 Å². The Kier molecular flexibility index (Phi) is 4.04. The fraction of sp³-hybridized carbons (Fsp3) is 0.500. The van der Waals surface area contributed by atoms with Gasteiger partial charge >= 0.3 is 5.97 Å². The Morgan fingerprint density at radius 2 is 2.25 bits per heavy atom. The molecule has 0 atom stereocenters. The van der Waals surface area contributed by atoms with Crippen LogP contribution in [0.4, 0.5) is 5.82 Å². The molecule has 0 aliphatic heterocycles. The summed E-state index contributed by atoms with van der Waals surface area (Å²) >= 11 is 0. The molecule has 6 nitrogen and oxygen atoms in total. The molecule has 16 heavy (non-hydrogen) atoms. The van der Waals surface area contributed by atoms with Gasteiger partial charge in [0, 0.05) is 19.7 Å². The maximum Gasteiger partial charge on any atom is 0.305 e. The zero-order chi connectivity index (χ0) is 12.1. The summed E-state index contributed by atoms with van der Waals surface area (Å²) in [6, 6.07) is 1.68. The zero-order valence-corrected chi connectivity index (χ0v) is 9.60. The number of aliphatic carboxylic acids is 1. The Balaban J connectivity index is 2.77. The third-order valence-electron chi connectivity index (χ3n) is 2.06. The van der Waals surface area contributed by atoms with Crippen molar-refractivity contribution in [3.8, 4) is 5.88 Å². The number of carboxylic acid groups (broad SMARTS) is 1. The Morgan fingerprint density at radius 1 is 1.56 bits per heavy atom. The van der Waals surface area contributed by atoms with Gasteiger partial charge in [0.05, 0.1) is 13.5 Å². The number of aryl methyl sites for hydroxylation is 1. The summed E-state index contributed by atoms with van der Waals surface area (Å²) in [4.78, 5) is 20.5. The smallest absolute Gasteiger partial charge is 0.305 e. The number of carbonyl (C=O) groups is 1. The molecule has 0 bridgehead atoms. The first kappa shape index (κ1) is 12.2. The van der Waals surface area contributed by atoms with Crippen LogP contribution in [0.3, 0.4) is 0 Å². The van der Waals surface area contributed by atoms with Crippen LogP contribution in [0, 0.1) is 6.92 Å². The van der Waals surface area contributed by atoms with Crippen molar-refractivity contribution in [2.75, 3.05) is 25.6 Å². The van der Waals surface area contributed by atoms with E-state index in [2.05, 4.69) is 9.97 Å². The Bertz CT molecular complexity index is 382. The number of carboxylic acids is 1. The maximum absolute atomic E-state index is 10.4. The number of rotatable bonds is 5. The van der Waals surface area contributed by atoms with Crippen LogP contribution in [0.1, 0.15) is 12.2 Å². The fourth-order valence-corrected chi connectivity index (χ4v) is 1.20. The van der Waals surface area contributed by atoms with E-state index in [1.165, 1.54) is 7.11 Å². The average molecular weight is 225 g/mol. The lowest BCUT2D eigenvalue weighted by Crippen LogP contribution is -2.22. The van der Waals surface area contributed by atoms with E-state index in [0.29, 0.717) is 24.1 Å². The van der Waals surface area contributed by atoms with Gasteiger partial charge < -0.3 is 14.7 Å². The minimum absolute atomic E-state index is 0.0713. The predicted octanol–water partition coefficient (Wildman–Crippen LogP) is 0.705. The molecule has 0 saturated carbocycles. The third kappa shape index (κ3) is 3.38. The SMILES string of the molecule is COc1cc(N(C)CCC(=O)O)nc(C)n1. The molecule has 1 aromatic heterocycles. The van der Waals surface area contributed by atoms with Crippen molar-refractivity contribution in [2.24, 2.45) is 0 Å². The largest absolute Gasteiger partial charge is 0.481 e. The maximum atomic E-state index is 10.4. The van der Waals surface area contributed by atoms with Crippen molar-refractivity contribution >= 4 is 11.8 Å². The minimum Gasteiger partial charge on any atom is -0.481 e. The van der Waals surface area contributed by atoms with Crippen LogP contribution in [0.15, 0.2) is 6.07 Å². The van der Waals surface area contributed by atoms with Gasteiger partial charge in [0.15, 0.2) is 0 Å². The first-order valence-corrected chi connectivity index (χ1v) is 4.85. The zero-order valence-electron chi connectivity index (χ0n) is 9.60. The summed E-state index contributed by atoms with van der Waals surface area (Å²) < 4.78 is 5.02. The van der Waals surface area contributed by atoms with Crippen molar-refractivity contribution in [1.82, 2.24) is 9.97 Å². The van der Waals surface area contributed by atoms with E-state index >= 15 is 0 Å². The summed E-state index contributed by atoms with van der Waals surface area (Å²) in [5.74, 6) is 0.899. The van der Waals surface area contributed by atoms with Gasteiger partial charge in [0.25, 0.3) is 0 Å². The van der Waals surface area contributed by atoms with E-state index in [1.807, 2.05) is 0 Å². The molecular formula is C10H15N3O3. The molecule has 1 rings (SSSR count). The van der Waals surface area contributed by atoms with Gasteiger partial charge in [-0.2, -0.15) is 4.98 Å². The molecule has 0 aromatic carbocycles. The van der Waals surface area contributed by atoms with Crippen LogP contribution in [0.25, 0.3) is 0 Å². The van der Waals surface area contributed by atoms with E-state index in [0.717, 1.165) is 0 Å². The fourth-order valence-electron chi connectivity index (χ4n) is 1.20. The normalized spacial score (nSPS) is 9.94. The quantitative estimate of drug-likeness (QED) is 0.795. The summed E-state index contributed by atoms with van der Waals surface area (Å²) in [7, 11) is 3.31. The number of anilines is 1. The summed E-state index contributed by atoms with van der Waals surface area (Å²) in [6.45, 7) is 2.16. The second-order valence-electron chi connectivity index (χ2n) is 3.38.